The maximum atomic E-state index is 13.4. The minimum absolute atomic E-state index is 0.176. The Morgan fingerprint density at radius 2 is 1.89 bits per heavy atom. The molecular weight excluding hydrogens is 458 g/mol. The average Bonchev–Trinajstić information content (AvgIpc) is 3.63. The van der Waals surface area contributed by atoms with Gasteiger partial charge in [-0.05, 0) is 39.6 Å². The number of nitrogens with zero attached hydrogens (tertiary/aromatic N) is 10. The molecular formula is C24H27N11O. The molecule has 4 aromatic heterocycles. The summed E-state index contributed by atoms with van der Waals surface area (Å²) < 4.78 is 4.97. The van der Waals surface area contributed by atoms with Gasteiger partial charge < -0.3 is 0 Å². The molecule has 0 spiro atoms. The van der Waals surface area contributed by atoms with E-state index in [0.717, 1.165) is 40.9 Å². The van der Waals surface area contributed by atoms with Crippen molar-refractivity contribution in [1.82, 2.24) is 54.9 Å². The molecule has 0 radical (unpaired) electrons. The Hall–Kier alpha value is -4.48. The van der Waals surface area contributed by atoms with Crippen molar-refractivity contribution in [3.63, 3.8) is 0 Å². The number of hydrogen-bond donors (Lipinski definition) is 1. The van der Waals surface area contributed by atoms with Gasteiger partial charge in [0, 0.05) is 35.8 Å². The number of imidazole rings is 1. The van der Waals surface area contributed by atoms with Gasteiger partial charge in [0.2, 0.25) is 5.82 Å². The summed E-state index contributed by atoms with van der Waals surface area (Å²) in [5, 5.41) is 26.3. The van der Waals surface area contributed by atoms with E-state index in [4.69, 9.17) is 0 Å². The molecule has 0 aliphatic heterocycles. The van der Waals surface area contributed by atoms with Crippen LogP contribution in [0, 0.1) is 5.92 Å². The van der Waals surface area contributed by atoms with E-state index in [-0.39, 0.29) is 5.69 Å². The molecule has 1 N–H and O–H groups in total. The van der Waals surface area contributed by atoms with E-state index in [1.54, 1.807) is 15.4 Å². The first-order valence-electron chi connectivity index (χ1n) is 11.9. The zero-order valence-corrected chi connectivity index (χ0v) is 20.4. The second kappa shape index (κ2) is 10.0. The molecule has 0 atom stereocenters. The summed E-state index contributed by atoms with van der Waals surface area (Å²) in [5.41, 5.74) is 4.18. The molecule has 184 valence electrons. The van der Waals surface area contributed by atoms with Crippen LogP contribution in [0.2, 0.25) is 0 Å². The third-order valence-electron chi connectivity index (χ3n) is 5.79. The number of pyridine rings is 1. The molecule has 1 aromatic carbocycles. The first-order chi connectivity index (χ1) is 17.5. The fourth-order valence-corrected chi connectivity index (χ4v) is 4.17. The van der Waals surface area contributed by atoms with Crippen molar-refractivity contribution in [1.29, 1.82) is 0 Å². The van der Waals surface area contributed by atoms with E-state index >= 15 is 0 Å². The van der Waals surface area contributed by atoms with Crippen LogP contribution in [0.1, 0.15) is 38.4 Å². The molecule has 12 nitrogen and oxygen atoms in total. The average molecular weight is 486 g/mol. The van der Waals surface area contributed by atoms with Gasteiger partial charge in [-0.25, -0.2) is 14.0 Å². The normalized spacial score (nSPS) is 11.4. The Kier molecular flexibility index (Phi) is 6.48. The van der Waals surface area contributed by atoms with Crippen LogP contribution in [-0.4, -0.2) is 54.9 Å². The van der Waals surface area contributed by atoms with Crippen LogP contribution in [0.15, 0.2) is 53.6 Å². The van der Waals surface area contributed by atoms with E-state index in [2.05, 4.69) is 61.9 Å². The Labute approximate surface area is 207 Å². The number of rotatable bonds is 9. The molecule has 5 rings (SSSR count). The molecule has 0 aliphatic rings. The first-order valence-corrected chi connectivity index (χ1v) is 11.9. The molecule has 12 heteroatoms. The third kappa shape index (κ3) is 4.57. The number of aromatic amines is 1. The lowest BCUT2D eigenvalue weighted by atomic mass is 10.0. The summed E-state index contributed by atoms with van der Waals surface area (Å²) in [6.45, 7) is 7.28. The Bertz CT molecular complexity index is 1490. The van der Waals surface area contributed by atoms with E-state index in [1.807, 2.05) is 42.6 Å². The van der Waals surface area contributed by atoms with Gasteiger partial charge in [-0.15, -0.1) is 10.2 Å². The maximum absolute atomic E-state index is 13.4. The SMILES string of the molecule is CCCc1cn(-c2nnnn2CC(C)C)c(=O)n1Cc1ccc(-c2ccccc2-c2nn[nH]n2)nc1. The smallest absolute Gasteiger partial charge is 0.291 e. The zero-order chi connectivity index (χ0) is 25.1. The highest BCUT2D eigenvalue weighted by Crippen LogP contribution is 2.28. The molecule has 0 fully saturated rings. The fourth-order valence-electron chi connectivity index (χ4n) is 4.17. The van der Waals surface area contributed by atoms with Crippen LogP contribution in [0.4, 0.5) is 0 Å². The van der Waals surface area contributed by atoms with Gasteiger partial charge in [0.1, 0.15) is 0 Å². The number of H-pyrrole nitrogens is 1. The molecule has 0 unspecified atom stereocenters. The molecule has 36 heavy (non-hydrogen) atoms. The largest absolute Gasteiger partial charge is 0.335 e. The van der Waals surface area contributed by atoms with Crippen LogP contribution in [0.5, 0.6) is 0 Å². The molecule has 0 bridgehead atoms. The lowest BCUT2D eigenvalue weighted by Gasteiger charge is -2.09. The van der Waals surface area contributed by atoms with Gasteiger partial charge in [-0.2, -0.15) is 5.21 Å². The first kappa shape index (κ1) is 23.3. The molecule has 0 saturated heterocycles. The molecule has 5 aromatic rings. The predicted molar refractivity (Wildman–Crippen MR) is 132 cm³/mol. The van der Waals surface area contributed by atoms with Gasteiger partial charge in [0.15, 0.2) is 0 Å². The summed E-state index contributed by atoms with van der Waals surface area (Å²) in [5.74, 6) is 1.28. The van der Waals surface area contributed by atoms with E-state index in [0.29, 0.717) is 30.8 Å². The van der Waals surface area contributed by atoms with Crippen LogP contribution in [-0.2, 0) is 19.5 Å². The second-order valence-corrected chi connectivity index (χ2v) is 9.00. The van der Waals surface area contributed by atoms with Gasteiger partial charge in [-0.1, -0.05) is 62.6 Å². The van der Waals surface area contributed by atoms with Crippen LogP contribution < -0.4 is 5.69 Å². The summed E-state index contributed by atoms with van der Waals surface area (Å²) in [6, 6.07) is 11.7. The van der Waals surface area contributed by atoms with Crippen molar-refractivity contribution in [3.05, 3.63) is 70.5 Å². The number of tetrazole rings is 2. The van der Waals surface area contributed by atoms with Crippen LogP contribution in [0.25, 0.3) is 28.6 Å². The van der Waals surface area contributed by atoms with E-state index in [9.17, 15) is 4.79 Å². The monoisotopic (exact) mass is 485 g/mol. The highest BCUT2D eigenvalue weighted by Gasteiger charge is 2.18. The number of hydrogen-bond acceptors (Lipinski definition) is 8. The lowest BCUT2D eigenvalue weighted by Crippen LogP contribution is -2.27. The van der Waals surface area contributed by atoms with Crippen LogP contribution in [0.3, 0.4) is 0 Å². The maximum Gasteiger partial charge on any atom is 0.335 e. The highest BCUT2D eigenvalue weighted by atomic mass is 16.2. The van der Waals surface area contributed by atoms with Gasteiger partial charge in [-0.3, -0.25) is 9.55 Å². The summed E-state index contributed by atoms with van der Waals surface area (Å²) in [7, 11) is 0. The third-order valence-corrected chi connectivity index (χ3v) is 5.79. The van der Waals surface area contributed by atoms with Crippen molar-refractivity contribution in [2.24, 2.45) is 5.92 Å². The number of aryl methyl sites for hydroxylation is 1. The minimum Gasteiger partial charge on any atom is -0.291 e. The van der Waals surface area contributed by atoms with E-state index < -0.39 is 0 Å². The predicted octanol–water partition coefficient (Wildman–Crippen LogP) is 2.52. The summed E-state index contributed by atoms with van der Waals surface area (Å²) in [4.78, 5) is 18.1. The molecule has 0 aliphatic carbocycles. The van der Waals surface area contributed by atoms with E-state index in [1.165, 1.54) is 4.57 Å². The lowest BCUT2D eigenvalue weighted by molar-refractivity contribution is 0.465. The second-order valence-electron chi connectivity index (χ2n) is 9.00. The molecule has 0 saturated carbocycles. The summed E-state index contributed by atoms with van der Waals surface area (Å²) >= 11 is 0. The van der Waals surface area contributed by atoms with Crippen molar-refractivity contribution in [3.8, 4) is 28.6 Å². The Morgan fingerprint density at radius 3 is 2.58 bits per heavy atom. The van der Waals surface area contributed by atoms with Gasteiger partial charge in [0.05, 0.1) is 12.2 Å². The summed E-state index contributed by atoms with van der Waals surface area (Å²) in [6.07, 6.45) is 5.31. The fraction of sp³-hybridized carbons (Fsp3) is 0.333. The van der Waals surface area contributed by atoms with Gasteiger partial charge in [0.25, 0.3) is 5.95 Å². The highest BCUT2D eigenvalue weighted by molar-refractivity contribution is 5.78. The van der Waals surface area contributed by atoms with Gasteiger partial charge >= 0.3 is 5.69 Å². The number of aromatic nitrogens is 11. The Morgan fingerprint density at radius 1 is 1.06 bits per heavy atom. The van der Waals surface area contributed by atoms with Crippen molar-refractivity contribution in [2.45, 2.75) is 46.7 Å². The van der Waals surface area contributed by atoms with Crippen molar-refractivity contribution in [2.75, 3.05) is 0 Å². The molecule has 4 heterocycles. The van der Waals surface area contributed by atoms with Crippen molar-refractivity contribution < 1.29 is 0 Å². The van der Waals surface area contributed by atoms with Crippen LogP contribution >= 0.6 is 0 Å². The Balaban J connectivity index is 1.46. The topological polar surface area (TPSA) is 138 Å². The number of benzene rings is 1. The zero-order valence-electron chi connectivity index (χ0n) is 20.4. The van der Waals surface area contributed by atoms with Crippen molar-refractivity contribution >= 4 is 0 Å². The number of nitrogens with one attached hydrogen (secondary N) is 1. The quantitative estimate of drug-likeness (QED) is 0.336. The standard InChI is InChI=1S/C24H27N11O/c1-4-7-18-15-34(23-28-31-32-35(23)13-16(2)3)24(36)33(18)14-17-10-11-21(25-12-17)19-8-5-6-9-20(19)22-26-29-30-27-22/h5-6,8-12,15-16H,4,7,13-14H2,1-3H3,(H,26,27,29,30). The minimum atomic E-state index is -0.176. The molecule has 0 amide bonds.